The van der Waals surface area contributed by atoms with E-state index < -0.39 is 0 Å². The number of carbonyl (C=O) groups is 1. The number of ether oxygens (including phenoxy) is 1. The van der Waals surface area contributed by atoms with Gasteiger partial charge in [0.05, 0.1) is 13.2 Å². The normalized spacial score (nSPS) is 23.2. The molecule has 22 heavy (non-hydrogen) atoms. The van der Waals surface area contributed by atoms with E-state index in [0.29, 0.717) is 18.6 Å². The van der Waals surface area contributed by atoms with E-state index in [-0.39, 0.29) is 0 Å². The van der Waals surface area contributed by atoms with Crippen LogP contribution in [0.2, 0.25) is 0 Å². The highest BCUT2D eigenvalue weighted by atomic mass is 16.5. The minimum atomic E-state index is 0.354. The molecular formula is C18H26N2O2. The molecule has 0 aromatic heterocycles. The Morgan fingerprint density at radius 1 is 1.14 bits per heavy atom. The van der Waals surface area contributed by atoms with E-state index in [0.717, 1.165) is 52.0 Å². The molecule has 4 nitrogen and oxygen atoms in total. The fourth-order valence-electron chi connectivity index (χ4n) is 3.50. The fourth-order valence-corrected chi connectivity index (χ4v) is 3.50. The Kier molecular flexibility index (Phi) is 5.46. The number of amides is 1. The minimum absolute atomic E-state index is 0.354. The molecule has 1 atom stereocenters. The summed E-state index contributed by atoms with van der Waals surface area (Å²) in [5.41, 5.74) is 1.22. The van der Waals surface area contributed by atoms with Crippen LogP contribution in [-0.4, -0.2) is 54.5 Å². The van der Waals surface area contributed by atoms with Crippen LogP contribution in [0.5, 0.6) is 0 Å². The van der Waals surface area contributed by atoms with Crippen LogP contribution in [0.3, 0.4) is 0 Å². The molecule has 1 aromatic carbocycles. The molecule has 0 saturated carbocycles. The predicted molar refractivity (Wildman–Crippen MR) is 86.5 cm³/mol. The SMILES string of the molecule is O=C1CCCN1[C@@H]1CCCN(CCOCc2ccccc2)C1. The van der Waals surface area contributed by atoms with Crippen LogP contribution < -0.4 is 0 Å². The molecule has 0 bridgehead atoms. The van der Waals surface area contributed by atoms with Gasteiger partial charge in [-0.15, -0.1) is 0 Å². The third-order valence-corrected chi connectivity index (χ3v) is 4.69. The van der Waals surface area contributed by atoms with Crippen LogP contribution >= 0.6 is 0 Å². The number of benzene rings is 1. The molecule has 1 amide bonds. The Morgan fingerprint density at radius 3 is 2.77 bits per heavy atom. The number of hydrogen-bond donors (Lipinski definition) is 0. The lowest BCUT2D eigenvalue weighted by molar-refractivity contribution is -0.130. The summed E-state index contributed by atoms with van der Waals surface area (Å²) in [7, 11) is 0. The summed E-state index contributed by atoms with van der Waals surface area (Å²) in [5.74, 6) is 0.354. The molecule has 2 aliphatic rings. The summed E-state index contributed by atoms with van der Waals surface area (Å²) in [4.78, 5) is 16.4. The molecule has 0 unspecified atom stereocenters. The smallest absolute Gasteiger partial charge is 0.222 e. The summed E-state index contributed by atoms with van der Waals surface area (Å²) in [6, 6.07) is 10.7. The Bertz CT molecular complexity index is 477. The van der Waals surface area contributed by atoms with Crippen LogP contribution in [0, 0.1) is 0 Å². The van der Waals surface area contributed by atoms with E-state index in [4.69, 9.17) is 4.74 Å². The van der Waals surface area contributed by atoms with Crippen molar-refractivity contribution in [2.24, 2.45) is 0 Å². The largest absolute Gasteiger partial charge is 0.375 e. The van der Waals surface area contributed by atoms with E-state index >= 15 is 0 Å². The summed E-state index contributed by atoms with van der Waals surface area (Å²) in [5, 5.41) is 0. The van der Waals surface area contributed by atoms with Crippen molar-refractivity contribution in [1.82, 2.24) is 9.80 Å². The van der Waals surface area contributed by atoms with Crippen molar-refractivity contribution in [2.45, 2.75) is 38.3 Å². The van der Waals surface area contributed by atoms with Gasteiger partial charge in [-0.25, -0.2) is 0 Å². The van der Waals surface area contributed by atoms with Crippen molar-refractivity contribution in [2.75, 3.05) is 32.8 Å². The van der Waals surface area contributed by atoms with Crippen molar-refractivity contribution in [3.63, 3.8) is 0 Å². The van der Waals surface area contributed by atoms with Gasteiger partial charge in [-0.3, -0.25) is 9.69 Å². The topological polar surface area (TPSA) is 32.8 Å². The van der Waals surface area contributed by atoms with Crippen molar-refractivity contribution in [3.8, 4) is 0 Å². The summed E-state index contributed by atoms with van der Waals surface area (Å²) >= 11 is 0. The van der Waals surface area contributed by atoms with E-state index in [9.17, 15) is 4.79 Å². The van der Waals surface area contributed by atoms with Crippen LogP contribution in [0.25, 0.3) is 0 Å². The van der Waals surface area contributed by atoms with Gasteiger partial charge in [-0.05, 0) is 31.4 Å². The molecule has 1 aromatic rings. The van der Waals surface area contributed by atoms with E-state index in [1.807, 2.05) is 18.2 Å². The standard InChI is InChI=1S/C18H26N2O2/c21-18-9-5-11-20(18)17-8-4-10-19(14-17)12-13-22-15-16-6-2-1-3-7-16/h1-3,6-7,17H,4-5,8-15H2/t17-/m1/s1. The maximum absolute atomic E-state index is 11.9. The molecule has 2 saturated heterocycles. The average molecular weight is 302 g/mol. The first-order valence-corrected chi connectivity index (χ1v) is 8.46. The maximum atomic E-state index is 11.9. The highest BCUT2D eigenvalue weighted by molar-refractivity contribution is 5.78. The van der Waals surface area contributed by atoms with Crippen molar-refractivity contribution < 1.29 is 9.53 Å². The fraction of sp³-hybridized carbons (Fsp3) is 0.611. The molecular weight excluding hydrogens is 276 g/mol. The Balaban J connectivity index is 1.38. The predicted octanol–water partition coefficient (Wildman–Crippen LogP) is 2.29. The molecule has 3 rings (SSSR count). The van der Waals surface area contributed by atoms with Crippen LogP contribution in [0.15, 0.2) is 30.3 Å². The minimum Gasteiger partial charge on any atom is -0.375 e. The second-order valence-electron chi connectivity index (χ2n) is 6.33. The number of rotatable bonds is 6. The second-order valence-corrected chi connectivity index (χ2v) is 6.33. The van der Waals surface area contributed by atoms with Crippen LogP contribution in [-0.2, 0) is 16.1 Å². The van der Waals surface area contributed by atoms with Gasteiger partial charge < -0.3 is 9.64 Å². The first kappa shape index (κ1) is 15.5. The highest BCUT2D eigenvalue weighted by Gasteiger charge is 2.30. The molecule has 120 valence electrons. The number of hydrogen-bond acceptors (Lipinski definition) is 3. The Morgan fingerprint density at radius 2 is 2.00 bits per heavy atom. The van der Waals surface area contributed by atoms with Gasteiger partial charge in [-0.1, -0.05) is 30.3 Å². The zero-order valence-electron chi connectivity index (χ0n) is 13.2. The molecule has 2 heterocycles. The Labute approximate surface area is 133 Å². The third kappa shape index (κ3) is 4.08. The maximum Gasteiger partial charge on any atom is 0.222 e. The van der Waals surface area contributed by atoms with Gasteiger partial charge in [0, 0.05) is 32.1 Å². The van der Waals surface area contributed by atoms with Crippen molar-refractivity contribution in [1.29, 1.82) is 0 Å². The van der Waals surface area contributed by atoms with Gasteiger partial charge in [0.15, 0.2) is 0 Å². The summed E-state index contributed by atoms with van der Waals surface area (Å²) in [6.07, 6.45) is 4.13. The van der Waals surface area contributed by atoms with Gasteiger partial charge >= 0.3 is 0 Å². The van der Waals surface area contributed by atoms with Crippen molar-refractivity contribution >= 4 is 5.91 Å². The van der Waals surface area contributed by atoms with Gasteiger partial charge in [0.2, 0.25) is 5.91 Å². The second kappa shape index (κ2) is 7.75. The summed E-state index contributed by atoms with van der Waals surface area (Å²) < 4.78 is 5.78. The molecule has 0 radical (unpaired) electrons. The lowest BCUT2D eigenvalue weighted by Gasteiger charge is -2.37. The van der Waals surface area contributed by atoms with E-state index in [1.54, 1.807) is 0 Å². The lowest BCUT2D eigenvalue weighted by Crippen LogP contribution is -2.49. The van der Waals surface area contributed by atoms with E-state index in [2.05, 4.69) is 21.9 Å². The number of carbonyl (C=O) groups excluding carboxylic acids is 1. The van der Waals surface area contributed by atoms with Crippen LogP contribution in [0.1, 0.15) is 31.2 Å². The highest BCUT2D eigenvalue weighted by Crippen LogP contribution is 2.21. The molecule has 0 spiro atoms. The quantitative estimate of drug-likeness (QED) is 0.756. The van der Waals surface area contributed by atoms with Gasteiger partial charge in [0.25, 0.3) is 0 Å². The molecule has 0 aliphatic carbocycles. The molecule has 2 aliphatic heterocycles. The van der Waals surface area contributed by atoms with Gasteiger partial charge in [-0.2, -0.15) is 0 Å². The number of likely N-dealkylation sites (tertiary alicyclic amines) is 2. The van der Waals surface area contributed by atoms with Crippen LogP contribution in [0.4, 0.5) is 0 Å². The Hall–Kier alpha value is -1.39. The monoisotopic (exact) mass is 302 g/mol. The summed E-state index contributed by atoms with van der Waals surface area (Å²) in [6.45, 7) is 5.51. The third-order valence-electron chi connectivity index (χ3n) is 4.69. The number of piperidine rings is 1. The first-order chi connectivity index (χ1) is 10.8. The first-order valence-electron chi connectivity index (χ1n) is 8.46. The van der Waals surface area contributed by atoms with Crippen molar-refractivity contribution in [3.05, 3.63) is 35.9 Å². The van der Waals surface area contributed by atoms with Gasteiger partial charge in [0.1, 0.15) is 0 Å². The number of nitrogens with zero attached hydrogens (tertiary/aromatic N) is 2. The zero-order valence-corrected chi connectivity index (χ0v) is 13.2. The van der Waals surface area contributed by atoms with E-state index in [1.165, 1.54) is 12.0 Å². The molecule has 0 N–H and O–H groups in total. The average Bonchev–Trinajstić information content (AvgIpc) is 2.99. The molecule has 2 fully saturated rings. The zero-order chi connectivity index (χ0) is 15.2. The lowest BCUT2D eigenvalue weighted by atomic mass is 10.0. The molecule has 4 heteroatoms.